The van der Waals surface area contributed by atoms with E-state index in [4.69, 9.17) is 4.74 Å². The minimum absolute atomic E-state index is 0.0374. The van der Waals surface area contributed by atoms with E-state index in [2.05, 4.69) is 15.4 Å². The number of amides is 2. The number of anilines is 1. The van der Waals surface area contributed by atoms with Crippen LogP contribution >= 0.6 is 0 Å². The molecule has 0 spiro atoms. The summed E-state index contributed by atoms with van der Waals surface area (Å²) in [5, 5.41) is 5.64. The summed E-state index contributed by atoms with van der Waals surface area (Å²) < 4.78 is 34.7. The number of hydrogen-bond donors (Lipinski definition) is 3. The number of ether oxygens (including phenoxy) is 1. The predicted molar refractivity (Wildman–Crippen MR) is 131 cm³/mol. The molecule has 0 radical (unpaired) electrons. The fraction of sp³-hybridized carbons (Fsp3) is 0.440. The van der Waals surface area contributed by atoms with Crippen LogP contribution in [0.5, 0.6) is 5.75 Å². The summed E-state index contributed by atoms with van der Waals surface area (Å²) in [7, 11) is -2.79. The first-order valence-electron chi connectivity index (χ1n) is 11.6. The van der Waals surface area contributed by atoms with Crippen molar-refractivity contribution in [3.05, 3.63) is 54.1 Å². The Kier molecular flexibility index (Phi) is 9.06. The van der Waals surface area contributed by atoms with Gasteiger partial charge in [-0.05, 0) is 43.0 Å². The van der Waals surface area contributed by atoms with E-state index in [1.807, 2.05) is 30.3 Å². The molecule has 184 valence electrons. The molecule has 1 atom stereocenters. The van der Waals surface area contributed by atoms with Crippen LogP contribution in [0.4, 0.5) is 5.69 Å². The molecular formula is C25H33N3O5S. The zero-order chi connectivity index (χ0) is 24.6. The molecule has 0 saturated heterocycles. The van der Waals surface area contributed by atoms with E-state index in [-0.39, 0.29) is 34.9 Å². The molecule has 1 saturated carbocycles. The first-order chi connectivity index (χ1) is 16.3. The van der Waals surface area contributed by atoms with E-state index < -0.39 is 16.1 Å². The zero-order valence-electron chi connectivity index (χ0n) is 19.7. The second-order valence-corrected chi connectivity index (χ2v) is 10.3. The topological polar surface area (TPSA) is 114 Å². The molecule has 2 amide bonds. The van der Waals surface area contributed by atoms with Crippen LogP contribution in [0, 0.1) is 0 Å². The third kappa shape index (κ3) is 7.30. The molecule has 1 aliphatic carbocycles. The maximum Gasteiger partial charge on any atom is 0.245 e. The molecule has 0 heterocycles. The Morgan fingerprint density at radius 3 is 2.32 bits per heavy atom. The number of rotatable bonds is 9. The Balaban J connectivity index is 1.88. The summed E-state index contributed by atoms with van der Waals surface area (Å²) in [6.45, 7) is 1.34. The summed E-state index contributed by atoms with van der Waals surface area (Å²) in [6.07, 6.45) is 6.38. The lowest BCUT2D eigenvalue weighted by Crippen LogP contribution is -2.50. The van der Waals surface area contributed by atoms with Crippen LogP contribution in [-0.2, 0) is 26.0 Å². The van der Waals surface area contributed by atoms with Crippen molar-refractivity contribution in [3.8, 4) is 5.75 Å². The van der Waals surface area contributed by atoms with Crippen LogP contribution in [0.25, 0.3) is 0 Å². The summed E-state index contributed by atoms with van der Waals surface area (Å²) in [4.78, 5) is 24.6. The van der Waals surface area contributed by atoms with Gasteiger partial charge in [0.15, 0.2) is 0 Å². The lowest BCUT2D eigenvalue weighted by atomic mass is 10.0. The SMILES string of the molecule is COc1ccc(NC(C)=O)cc1S(=O)(=O)N[C@@H](Cc1ccccc1)C(=O)NC1CCCCCC1. The van der Waals surface area contributed by atoms with Gasteiger partial charge in [-0.2, -0.15) is 4.72 Å². The molecule has 0 aromatic heterocycles. The number of methoxy groups -OCH3 is 1. The molecule has 0 bridgehead atoms. The standard InChI is InChI=1S/C25H33N3O5S/c1-18(29)26-21-14-15-23(33-2)24(17-21)34(31,32)28-22(16-19-10-6-5-7-11-19)25(30)27-20-12-8-3-4-9-13-20/h5-7,10-11,14-15,17,20,22,28H,3-4,8-9,12-13,16H2,1-2H3,(H,26,29)(H,27,30)/t22-/m0/s1. The Bertz CT molecular complexity index is 1080. The van der Waals surface area contributed by atoms with Crippen molar-refractivity contribution < 1.29 is 22.7 Å². The highest BCUT2D eigenvalue weighted by atomic mass is 32.2. The van der Waals surface area contributed by atoms with Gasteiger partial charge in [-0.15, -0.1) is 0 Å². The van der Waals surface area contributed by atoms with Gasteiger partial charge in [-0.1, -0.05) is 56.0 Å². The normalized spacial score (nSPS) is 15.7. The van der Waals surface area contributed by atoms with E-state index in [1.54, 1.807) is 6.07 Å². The van der Waals surface area contributed by atoms with E-state index in [0.717, 1.165) is 44.1 Å². The average molecular weight is 488 g/mol. The van der Waals surface area contributed by atoms with Crippen molar-refractivity contribution in [2.45, 2.75) is 68.8 Å². The summed E-state index contributed by atoms with van der Waals surface area (Å²) >= 11 is 0. The van der Waals surface area contributed by atoms with Crippen LogP contribution in [-0.4, -0.2) is 39.4 Å². The van der Waals surface area contributed by atoms with Gasteiger partial charge < -0.3 is 15.4 Å². The molecule has 0 aliphatic heterocycles. The maximum atomic E-state index is 13.4. The molecule has 8 nitrogen and oxygen atoms in total. The monoisotopic (exact) mass is 487 g/mol. The van der Waals surface area contributed by atoms with Crippen molar-refractivity contribution in [1.29, 1.82) is 0 Å². The van der Waals surface area contributed by atoms with Gasteiger partial charge in [-0.25, -0.2) is 8.42 Å². The zero-order valence-corrected chi connectivity index (χ0v) is 20.5. The Hall–Kier alpha value is -2.91. The minimum Gasteiger partial charge on any atom is -0.495 e. The van der Waals surface area contributed by atoms with Crippen molar-refractivity contribution in [2.24, 2.45) is 0 Å². The molecule has 34 heavy (non-hydrogen) atoms. The second-order valence-electron chi connectivity index (χ2n) is 8.61. The molecule has 2 aromatic carbocycles. The van der Waals surface area contributed by atoms with Gasteiger partial charge in [0.05, 0.1) is 7.11 Å². The fourth-order valence-electron chi connectivity index (χ4n) is 4.18. The molecule has 3 N–H and O–H groups in total. The minimum atomic E-state index is -4.16. The van der Waals surface area contributed by atoms with Crippen molar-refractivity contribution in [2.75, 3.05) is 12.4 Å². The Morgan fingerprint density at radius 2 is 1.71 bits per heavy atom. The van der Waals surface area contributed by atoms with Gasteiger partial charge in [0, 0.05) is 18.7 Å². The van der Waals surface area contributed by atoms with Crippen molar-refractivity contribution in [3.63, 3.8) is 0 Å². The van der Waals surface area contributed by atoms with Crippen LogP contribution in [0.15, 0.2) is 53.4 Å². The van der Waals surface area contributed by atoms with E-state index >= 15 is 0 Å². The van der Waals surface area contributed by atoms with Crippen LogP contribution in [0.3, 0.4) is 0 Å². The number of hydrogen-bond acceptors (Lipinski definition) is 5. The molecule has 0 unspecified atom stereocenters. The highest BCUT2D eigenvalue weighted by Crippen LogP contribution is 2.27. The van der Waals surface area contributed by atoms with Gasteiger partial charge in [-0.3, -0.25) is 9.59 Å². The summed E-state index contributed by atoms with van der Waals surface area (Å²) in [6, 6.07) is 12.7. The summed E-state index contributed by atoms with van der Waals surface area (Å²) in [5.74, 6) is -0.563. The molecule has 1 aliphatic rings. The molecule has 9 heteroatoms. The third-order valence-corrected chi connectivity index (χ3v) is 7.36. The number of nitrogens with one attached hydrogen (secondary N) is 3. The number of benzene rings is 2. The van der Waals surface area contributed by atoms with Crippen LogP contribution < -0.4 is 20.1 Å². The number of carbonyl (C=O) groups is 2. The quantitative estimate of drug-likeness (QED) is 0.469. The Labute approximate surface area is 201 Å². The molecule has 2 aromatic rings. The number of carbonyl (C=O) groups excluding carboxylic acids is 2. The predicted octanol–water partition coefficient (Wildman–Crippen LogP) is 3.38. The lowest BCUT2D eigenvalue weighted by Gasteiger charge is -2.23. The maximum absolute atomic E-state index is 13.4. The molecule has 1 fully saturated rings. The van der Waals surface area contributed by atoms with Gasteiger partial charge in [0.25, 0.3) is 0 Å². The second kappa shape index (κ2) is 12.0. The molecule has 3 rings (SSSR count). The highest BCUT2D eigenvalue weighted by molar-refractivity contribution is 7.89. The van der Waals surface area contributed by atoms with Crippen molar-refractivity contribution in [1.82, 2.24) is 10.0 Å². The first-order valence-corrected chi connectivity index (χ1v) is 13.1. The van der Waals surface area contributed by atoms with Gasteiger partial charge in [0.2, 0.25) is 21.8 Å². The molecular weight excluding hydrogens is 454 g/mol. The van der Waals surface area contributed by atoms with E-state index in [9.17, 15) is 18.0 Å². The first kappa shape index (κ1) is 25.7. The van der Waals surface area contributed by atoms with Crippen LogP contribution in [0.2, 0.25) is 0 Å². The third-order valence-electron chi connectivity index (χ3n) is 5.87. The van der Waals surface area contributed by atoms with Gasteiger partial charge >= 0.3 is 0 Å². The summed E-state index contributed by atoms with van der Waals surface area (Å²) in [5.41, 5.74) is 1.15. The largest absolute Gasteiger partial charge is 0.495 e. The van der Waals surface area contributed by atoms with E-state index in [0.29, 0.717) is 5.69 Å². The lowest BCUT2D eigenvalue weighted by molar-refractivity contribution is -0.123. The van der Waals surface area contributed by atoms with Crippen LogP contribution in [0.1, 0.15) is 51.0 Å². The number of sulfonamides is 1. The van der Waals surface area contributed by atoms with E-state index in [1.165, 1.54) is 26.2 Å². The fourth-order valence-corrected chi connectivity index (χ4v) is 5.57. The Morgan fingerprint density at radius 1 is 1.03 bits per heavy atom. The van der Waals surface area contributed by atoms with Crippen molar-refractivity contribution >= 4 is 27.5 Å². The average Bonchev–Trinajstić information content (AvgIpc) is 3.07. The smallest absolute Gasteiger partial charge is 0.245 e. The highest BCUT2D eigenvalue weighted by Gasteiger charge is 2.30. The van der Waals surface area contributed by atoms with Gasteiger partial charge in [0.1, 0.15) is 16.7 Å².